The number of nitrogens with one attached hydrogen (secondary N) is 1. The van der Waals surface area contributed by atoms with Crippen LogP contribution in [0.1, 0.15) is 16.2 Å². The monoisotopic (exact) mass is 265 g/mol. The number of anilines is 1. The first-order valence-corrected chi connectivity index (χ1v) is 6.43. The van der Waals surface area contributed by atoms with E-state index in [1.807, 2.05) is 54.9 Å². The Bertz CT molecular complexity index is 789. The Hall–Kier alpha value is -2.62. The van der Waals surface area contributed by atoms with Crippen LogP contribution in [0.2, 0.25) is 0 Å². The van der Waals surface area contributed by atoms with Crippen LogP contribution in [-0.2, 0) is 7.05 Å². The molecule has 0 atom stereocenters. The third kappa shape index (κ3) is 2.16. The number of amides is 1. The highest BCUT2D eigenvalue weighted by molar-refractivity contribution is 6.06. The highest BCUT2D eigenvalue weighted by Crippen LogP contribution is 2.19. The van der Waals surface area contributed by atoms with Crippen LogP contribution in [0.15, 0.2) is 48.7 Å². The summed E-state index contributed by atoms with van der Waals surface area (Å²) in [6.07, 6.45) is 1.69. The van der Waals surface area contributed by atoms with Crippen molar-refractivity contribution in [2.75, 3.05) is 5.32 Å². The maximum Gasteiger partial charge on any atom is 0.272 e. The van der Waals surface area contributed by atoms with Crippen molar-refractivity contribution in [3.63, 3.8) is 0 Å². The number of nitrogens with zero attached hydrogens (tertiary/aromatic N) is 2. The first-order valence-electron chi connectivity index (χ1n) is 6.43. The lowest BCUT2D eigenvalue weighted by Gasteiger charge is -2.06. The molecule has 20 heavy (non-hydrogen) atoms. The third-order valence-electron chi connectivity index (χ3n) is 3.34. The number of para-hydroxylation sites is 1. The Labute approximate surface area is 117 Å². The number of benzene rings is 1. The highest BCUT2D eigenvalue weighted by Gasteiger charge is 2.13. The van der Waals surface area contributed by atoms with Gasteiger partial charge in [-0.2, -0.15) is 0 Å². The second kappa shape index (κ2) is 4.81. The Morgan fingerprint density at radius 2 is 2.00 bits per heavy atom. The van der Waals surface area contributed by atoms with Gasteiger partial charge in [-0.1, -0.05) is 18.2 Å². The average molecular weight is 265 g/mol. The van der Waals surface area contributed by atoms with Crippen molar-refractivity contribution in [3.05, 3.63) is 60.0 Å². The van der Waals surface area contributed by atoms with Gasteiger partial charge >= 0.3 is 0 Å². The lowest BCUT2D eigenvalue weighted by molar-refractivity contribution is 0.102. The van der Waals surface area contributed by atoms with Crippen LogP contribution in [0.5, 0.6) is 0 Å². The van der Waals surface area contributed by atoms with Crippen molar-refractivity contribution in [3.8, 4) is 0 Å². The van der Waals surface area contributed by atoms with Crippen LogP contribution in [0.25, 0.3) is 10.9 Å². The van der Waals surface area contributed by atoms with E-state index in [0.29, 0.717) is 5.69 Å². The minimum absolute atomic E-state index is 0.116. The van der Waals surface area contributed by atoms with E-state index < -0.39 is 0 Å². The molecule has 2 aromatic heterocycles. The number of carbonyl (C=O) groups excluding carboxylic acids is 1. The predicted octanol–water partition coefficient (Wildman–Crippen LogP) is 3.13. The Kier molecular flexibility index (Phi) is 2.99. The fraction of sp³-hybridized carbons (Fsp3) is 0.125. The molecule has 1 aromatic carbocycles. The van der Waals surface area contributed by atoms with Gasteiger partial charge in [0.15, 0.2) is 0 Å². The van der Waals surface area contributed by atoms with Gasteiger partial charge in [0.2, 0.25) is 0 Å². The van der Waals surface area contributed by atoms with E-state index in [1.165, 1.54) is 0 Å². The summed E-state index contributed by atoms with van der Waals surface area (Å²) in [6, 6.07) is 13.5. The van der Waals surface area contributed by atoms with Crippen LogP contribution in [0.3, 0.4) is 0 Å². The fourth-order valence-corrected chi connectivity index (χ4v) is 2.33. The molecule has 0 fully saturated rings. The van der Waals surface area contributed by atoms with E-state index in [0.717, 1.165) is 22.3 Å². The molecule has 0 saturated carbocycles. The van der Waals surface area contributed by atoms with Gasteiger partial charge in [-0.3, -0.25) is 9.78 Å². The number of fused-ring (bicyclic) bond motifs is 1. The molecular formula is C16H15N3O. The van der Waals surface area contributed by atoms with Gasteiger partial charge in [0.1, 0.15) is 5.69 Å². The summed E-state index contributed by atoms with van der Waals surface area (Å²) in [5, 5.41) is 3.96. The van der Waals surface area contributed by atoms with E-state index in [-0.39, 0.29) is 5.91 Å². The minimum atomic E-state index is -0.116. The molecule has 0 radical (unpaired) electrons. The Morgan fingerprint density at radius 3 is 2.75 bits per heavy atom. The van der Waals surface area contributed by atoms with E-state index >= 15 is 0 Å². The van der Waals surface area contributed by atoms with Crippen molar-refractivity contribution in [1.29, 1.82) is 0 Å². The standard InChI is InChI=1S/C16H15N3O/c1-11-9-13(7-8-17-11)18-16(20)15-10-12-5-3-4-6-14(12)19(15)2/h3-10H,1-2H3,(H,17,18,20). The molecule has 0 bridgehead atoms. The van der Waals surface area contributed by atoms with Gasteiger partial charge in [-0.15, -0.1) is 0 Å². The van der Waals surface area contributed by atoms with Crippen molar-refractivity contribution >= 4 is 22.5 Å². The third-order valence-corrected chi connectivity index (χ3v) is 3.34. The maximum atomic E-state index is 12.4. The molecule has 0 unspecified atom stereocenters. The van der Waals surface area contributed by atoms with Gasteiger partial charge in [0.05, 0.1) is 0 Å². The van der Waals surface area contributed by atoms with E-state index in [4.69, 9.17) is 0 Å². The van der Waals surface area contributed by atoms with E-state index in [1.54, 1.807) is 12.3 Å². The normalized spacial score (nSPS) is 10.7. The Balaban J connectivity index is 1.95. The second-order valence-corrected chi connectivity index (χ2v) is 4.79. The van der Waals surface area contributed by atoms with Crippen molar-refractivity contribution in [2.24, 2.45) is 7.05 Å². The summed E-state index contributed by atoms with van der Waals surface area (Å²) in [6.45, 7) is 1.90. The summed E-state index contributed by atoms with van der Waals surface area (Å²) in [4.78, 5) is 16.5. The van der Waals surface area contributed by atoms with Crippen LogP contribution in [0, 0.1) is 6.92 Å². The summed E-state index contributed by atoms with van der Waals surface area (Å²) in [7, 11) is 1.90. The molecule has 100 valence electrons. The van der Waals surface area contributed by atoms with Crippen LogP contribution in [0.4, 0.5) is 5.69 Å². The molecule has 0 spiro atoms. The van der Waals surface area contributed by atoms with E-state index in [2.05, 4.69) is 10.3 Å². The summed E-state index contributed by atoms with van der Waals surface area (Å²) < 4.78 is 1.90. The molecule has 3 rings (SSSR count). The SMILES string of the molecule is Cc1cc(NC(=O)c2cc3ccccc3n2C)ccn1. The lowest BCUT2D eigenvalue weighted by Crippen LogP contribution is -2.15. The number of carbonyl (C=O) groups is 1. The number of aryl methyl sites for hydroxylation is 2. The van der Waals surface area contributed by atoms with E-state index in [9.17, 15) is 4.79 Å². The number of hydrogen-bond donors (Lipinski definition) is 1. The van der Waals surface area contributed by atoms with Crippen molar-refractivity contribution in [1.82, 2.24) is 9.55 Å². The molecule has 0 aliphatic rings. The Morgan fingerprint density at radius 1 is 1.20 bits per heavy atom. The molecule has 0 aliphatic carbocycles. The molecule has 4 heteroatoms. The molecule has 3 aromatic rings. The minimum Gasteiger partial charge on any atom is -0.340 e. The number of aromatic nitrogens is 2. The number of hydrogen-bond acceptors (Lipinski definition) is 2. The zero-order chi connectivity index (χ0) is 14.1. The zero-order valence-electron chi connectivity index (χ0n) is 11.4. The summed E-state index contributed by atoms with van der Waals surface area (Å²) in [5.74, 6) is -0.116. The van der Waals surface area contributed by atoms with Gasteiger partial charge in [0.25, 0.3) is 5.91 Å². The zero-order valence-corrected chi connectivity index (χ0v) is 11.4. The average Bonchev–Trinajstić information content (AvgIpc) is 2.77. The molecule has 1 amide bonds. The largest absolute Gasteiger partial charge is 0.340 e. The van der Waals surface area contributed by atoms with Crippen LogP contribution >= 0.6 is 0 Å². The molecule has 0 aliphatic heterocycles. The van der Waals surface area contributed by atoms with Crippen molar-refractivity contribution in [2.45, 2.75) is 6.92 Å². The molecule has 0 saturated heterocycles. The number of rotatable bonds is 2. The molecular weight excluding hydrogens is 250 g/mol. The van der Waals surface area contributed by atoms with Gasteiger partial charge in [-0.05, 0) is 31.2 Å². The van der Waals surface area contributed by atoms with Crippen LogP contribution in [-0.4, -0.2) is 15.5 Å². The smallest absolute Gasteiger partial charge is 0.272 e. The van der Waals surface area contributed by atoms with Crippen LogP contribution < -0.4 is 5.32 Å². The van der Waals surface area contributed by atoms with Gasteiger partial charge < -0.3 is 9.88 Å². The maximum absolute atomic E-state index is 12.4. The predicted molar refractivity (Wildman–Crippen MR) is 79.8 cm³/mol. The fourth-order valence-electron chi connectivity index (χ4n) is 2.33. The molecule has 4 nitrogen and oxygen atoms in total. The first-order chi connectivity index (χ1) is 9.65. The summed E-state index contributed by atoms with van der Waals surface area (Å²) >= 11 is 0. The quantitative estimate of drug-likeness (QED) is 0.773. The lowest BCUT2D eigenvalue weighted by atomic mass is 10.2. The molecule has 1 N–H and O–H groups in total. The highest BCUT2D eigenvalue weighted by atomic mass is 16.1. The molecule has 2 heterocycles. The summed E-state index contributed by atoms with van der Waals surface area (Å²) in [5.41, 5.74) is 3.32. The van der Waals surface area contributed by atoms with Gasteiger partial charge in [-0.25, -0.2) is 0 Å². The first kappa shape index (κ1) is 12.4. The second-order valence-electron chi connectivity index (χ2n) is 4.79. The van der Waals surface area contributed by atoms with Crippen molar-refractivity contribution < 1.29 is 4.79 Å². The van der Waals surface area contributed by atoms with Gasteiger partial charge in [0, 0.05) is 35.5 Å². The topological polar surface area (TPSA) is 46.9 Å². The number of pyridine rings is 1.